The Kier molecular flexibility index (Phi) is 4.97. The second-order valence-electron chi connectivity index (χ2n) is 6.36. The van der Waals surface area contributed by atoms with Gasteiger partial charge in [0.15, 0.2) is 0 Å². The van der Waals surface area contributed by atoms with Crippen LogP contribution < -0.4 is 10.2 Å². The Morgan fingerprint density at radius 1 is 1.05 bits per heavy atom. The van der Waals surface area contributed by atoms with Crippen LogP contribution in [0.4, 0.5) is 0 Å². The van der Waals surface area contributed by atoms with Crippen molar-refractivity contribution >= 4 is 12.6 Å². The lowest BCUT2D eigenvalue weighted by molar-refractivity contribution is 0.00578. The van der Waals surface area contributed by atoms with Crippen LogP contribution in [0.15, 0.2) is 24.3 Å². The van der Waals surface area contributed by atoms with Crippen LogP contribution in [0.2, 0.25) is 0 Å². The minimum atomic E-state index is -0.350. The molecule has 1 fully saturated rings. The largest absolute Gasteiger partial charge is 0.494 e. The zero-order valence-corrected chi connectivity index (χ0v) is 13.6. The Labute approximate surface area is 127 Å². The highest BCUT2D eigenvalue weighted by molar-refractivity contribution is 6.62. The minimum Gasteiger partial charge on any atom is -0.494 e. The van der Waals surface area contributed by atoms with E-state index in [9.17, 15) is 0 Å². The van der Waals surface area contributed by atoms with Crippen LogP contribution in [0.25, 0.3) is 0 Å². The summed E-state index contributed by atoms with van der Waals surface area (Å²) < 4.78 is 22.8. The number of hydrogen-bond acceptors (Lipinski definition) is 4. The first-order valence-electron chi connectivity index (χ1n) is 7.43. The molecule has 0 amide bonds. The molecule has 2 rings (SSSR count). The standard InChI is InChI=1S/C16H25BO4/c1-15(2)16(3,4)21-17(20-15)13-8-6-9-14(12-13)19-11-7-10-18-5/h6,8-9,12H,7,10-11H2,1-5H3. The summed E-state index contributed by atoms with van der Waals surface area (Å²) >= 11 is 0. The molecule has 116 valence electrons. The van der Waals surface area contributed by atoms with Gasteiger partial charge >= 0.3 is 7.12 Å². The SMILES string of the molecule is COCCCOc1cccc(B2OC(C)(C)C(C)(C)O2)c1. The second kappa shape index (κ2) is 6.38. The Balaban J connectivity index is 2.02. The number of rotatable bonds is 6. The predicted molar refractivity (Wildman–Crippen MR) is 84.1 cm³/mol. The van der Waals surface area contributed by atoms with Gasteiger partial charge in [0.25, 0.3) is 0 Å². The van der Waals surface area contributed by atoms with Crippen LogP contribution in [0.1, 0.15) is 34.1 Å². The molecule has 1 aromatic carbocycles. The molecule has 0 aliphatic carbocycles. The molecular weight excluding hydrogens is 267 g/mol. The molecule has 0 spiro atoms. The lowest BCUT2D eigenvalue weighted by Crippen LogP contribution is -2.41. The quantitative estimate of drug-likeness (QED) is 0.596. The van der Waals surface area contributed by atoms with Crippen molar-refractivity contribution in [2.75, 3.05) is 20.3 Å². The summed E-state index contributed by atoms with van der Waals surface area (Å²) in [5.41, 5.74) is 0.331. The van der Waals surface area contributed by atoms with Gasteiger partial charge in [0.2, 0.25) is 0 Å². The minimum absolute atomic E-state index is 0.326. The molecule has 1 aromatic rings. The van der Waals surface area contributed by atoms with Gasteiger partial charge in [-0.2, -0.15) is 0 Å². The highest BCUT2D eigenvalue weighted by Gasteiger charge is 2.51. The Morgan fingerprint density at radius 3 is 2.33 bits per heavy atom. The Hall–Kier alpha value is -1.04. The first kappa shape index (κ1) is 16.3. The van der Waals surface area contributed by atoms with Crippen LogP contribution in [0, 0.1) is 0 Å². The maximum Gasteiger partial charge on any atom is 0.494 e. The summed E-state index contributed by atoms with van der Waals surface area (Å²) in [6, 6.07) is 7.90. The van der Waals surface area contributed by atoms with E-state index in [1.54, 1.807) is 7.11 Å². The van der Waals surface area contributed by atoms with Gasteiger partial charge in [-0.3, -0.25) is 0 Å². The fraction of sp³-hybridized carbons (Fsp3) is 0.625. The topological polar surface area (TPSA) is 36.9 Å². The first-order chi connectivity index (χ1) is 9.86. The summed E-state index contributed by atoms with van der Waals surface area (Å²) in [5.74, 6) is 0.832. The number of methoxy groups -OCH3 is 1. The molecule has 21 heavy (non-hydrogen) atoms. The van der Waals surface area contributed by atoms with Gasteiger partial charge in [-0.25, -0.2) is 0 Å². The lowest BCUT2D eigenvalue weighted by atomic mass is 9.79. The van der Waals surface area contributed by atoms with Crippen molar-refractivity contribution in [2.45, 2.75) is 45.3 Å². The van der Waals surface area contributed by atoms with Crippen molar-refractivity contribution in [2.24, 2.45) is 0 Å². The predicted octanol–water partition coefficient (Wildman–Crippen LogP) is 2.40. The number of benzene rings is 1. The summed E-state index contributed by atoms with van der Waals surface area (Å²) in [6.07, 6.45) is 0.872. The fourth-order valence-corrected chi connectivity index (χ4v) is 2.12. The van der Waals surface area contributed by atoms with Gasteiger partial charge in [0.05, 0.1) is 17.8 Å². The van der Waals surface area contributed by atoms with E-state index in [0.717, 1.165) is 17.6 Å². The van der Waals surface area contributed by atoms with Gasteiger partial charge in [0.1, 0.15) is 5.75 Å². The van der Waals surface area contributed by atoms with Crippen molar-refractivity contribution in [3.8, 4) is 5.75 Å². The van der Waals surface area contributed by atoms with E-state index in [4.69, 9.17) is 18.8 Å². The van der Waals surface area contributed by atoms with E-state index in [1.807, 2.05) is 24.3 Å². The Morgan fingerprint density at radius 2 is 1.71 bits per heavy atom. The number of hydrogen-bond donors (Lipinski definition) is 0. The van der Waals surface area contributed by atoms with Crippen LogP contribution in [0.3, 0.4) is 0 Å². The average Bonchev–Trinajstić information content (AvgIpc) is 2.64. The zero-order valence-electron chi connectivity index (χ0n) is 13.6. The van der Waals surface area contributed by atoms with Gasteiger partial charge < -0.3 is 18.8 Å². The van der Waals surface area contributed by atoms with E-state index in [2.05, 4.69) is 27.7 Å². The van der Waals surface area contributed by atoms with Crippen molar-refractivity contribution < 1.29 is 18.8 Å². The molecule has 0 bridgehead atoms. The molecule has 0 saturated carbocycles. The normalized spacial score (nSPS) is 19.8. The van der Waals surface area contributed by atoms with E-state index in [1.165, 1.54) is 0 Å². The van der Waals surface area contributed by atoms with Gasteiger partial charge in [0, 0.05) is 20.1 Å². The first-order valence-corrected chi connectivity index (χ1v) is 7.43. The van der Waals surface area contributed by atoms with Crippen molar-refractivity contribution in [3.63, 3.8) is 0 Å². The molecule has 0 aromatic heterocycles. The monoisotopic (exact) mass is 292 g/mol. The summed E-state index contributed by atoms with van der Waals surface area (Å²) in [6.45, 7) is 9.56. The van der Waals surface area contributed by atoms with Crippen molar-refractivity contribution in [1.29, 1.82) is 0 Å². The highest BCUT2D eigenvalue weighted by atomic mass is 16.7. The van der Waals surface area contributed by atoms with E-state index < -0.39 is 0 Å². The molecule has 1 heterocycles. The molecule has 1 aliphatic heterocycles. The van der Waals surface area contributed by atoms with E-state index in [-0.39, 0.29) is 18.3 Å². The van der Waals surface area contributed by atoms with Crippen molar-refractivity contribution in [1.82, 2.24) is 0 Å². The number of ether oxygens (including phenoxy) is 2. The third kappa shape index (κ3) is 3.79. The third-order valence-electron chi connectivity index (χ3n) is 4.15. The van der Waals surface area contributed by atoms with E-state index >= 15 is 0 Å². The molecule has 0 atom stereocenters. The maximum absolute atomic E-state index is 6.05. The van der Waals surface area contributed by atoms with Gasteiger partial charge in [-0.15, -0.1) is 0 Å². The lowest BCUT2D eigenvalue weighted by Gasteiger charge is -2.32. The molecular formula is C16H25BO4. The summed E-state index contributed by atoms with van der Waals surface area (Å²) in [7, 11) is 1.34. The van der Waals surface area contributed by atoms with Crippen LogP contribution in [0.5, 0.6) is 5.75 Å². The fourth-order valence-electron chi connectivity index (χ4n) is 2.12. The Bertz CT molecular complexity index is 457. The summed E-state index contributed by atoms with van der Waals surface area (Å²) in [4.78, 5) is 0. The molecule has 0 N–H and O–H groups in total. The van der Waals surface area contributed by atoms with Crippen LogP contribution in [-0.2, 0) is 14.0 Å². The molecule has 1 aliphatic rings. The molecule has 1 saturated heterocycles. The van der Waals surface area contributed by atoms with E-state index in [0.29, 0.717) is 13.2 Å². The molecule has 5 heteroatoms. The van der Waals surface area contributed by atoms with Gasteiger partial charge in [-0.1, -0.05) is 12.1 Å². The smallest absolute Gasteiger partial charge is 0.494 e. The summed E-state index contributed by atoms with van der Waals surface area (Å²) in [5, 5.41) is 0. The van der Waals surface area contributed by atoms with Crippen LogP contribution in [-0.4, -0.2) is 38.6 Å². The van der Waals surface area contributed by atoms with Gasteiger partial charge in [-0.05, 0) is 45.3 Å². The molecule has 0 unspecified atom stereocenters. The second-order valence-corrected chi connectivity index (χ2v) is 6.36. The third-order valence-corrected chi connectivity index (χ3v) is 4.15. The van der Waals surface area contributed by atoms with Crippen LogP contribution >= 0.6 is 0 Å². The average molecular weight is 292 g/mol. The molecule has 4 nitrogen and oxygen atoms in total. The maximum atomic E-state index is 6.05. The molecule has 0 radical (unpaired) electrons. The zero-order chi connectivity index (χ0) is 15.5. The highest BCUT2D eigenvalue weighted by Crippen LogP contribution is 2.36. The van der Waals surface area contributed by atoms with Crippen molar-refractivity contribution in [3.05, 3.63) is 24.3 Å².